The van der Waals surface area contributed by atoms with Gasteiger partial charge in [0.1, 0.15) is 5.82 Å². The van der Waals surface area contributed by atoms with Gasteiger partial charge in [0, 0.05) is 18.4 Å². The Morgan fingerprint density at radius 2 is 1.83 bits per heavy atom. The lowest BCUT2D eigenvalue weighted by atomic mass is 9.80. The van der Waals surface area contributed by atoms with E-state index in [0.29, 0.717) is 11.1 Å². The number of anilines is 1. The van der Waals surface area contributed by atoms with Crippen LogP contribution in [0.5, 0.6) is 0 Å². The Labute approximate surface area is 200 Å². The largest absolute Gasteiger partial charge is 0.463 e. The van der Waals surface area contributed by atoms with Crippen molar-refractivity contribution in [1.82, 2.24) is 5.32 Å². The van der Waals surface area contributed by atoms with Gasteiger partial charge in [-0.25, -0.2) is 4.79 Å². The SMILES string of the molecule is CCOC(=O)C1=C(C)N(c2cccc(C(F)(F)F)c2)C(N)=C(C(=O)NC)C1c1ccc(C#N)cc1. The first-order valence-electron chi connectivity index (χ1n) is 10.6. The normalized spacial score (nSPS) is 16.1. The van der Waals surface area contributed by atoms with Crippen LogP contribution in [0.2, 0.25) is 0 Å². The molecular weight excluding hydrogens is 461 g/mol. The molecule has 2 aromatic rings. The number of carbonyl (C=O) groups excluding carboxylic acids is 2. The number of benzene rings is 2. The maximum Gasteiger partial charge on any atom is 0.416 e. The van der Waals surface area contributed by atoms with Crippen molar-refractivity contribution in [2.24, 2.45) is 5.73 Å². The highest BCUT2D eigenvalue weighted by molar-refractivity contribution is 6.03. The molecule has 3 rings (SSSR count). The molecule has 1 atom stereocenters. The van der Waals surface area contributed by atoms with Crippen LogP contribution in [-0.2, 0) is 20.5 Å². The third kappa shape index (κ3) is 4.84. The van der Waals surface area contributed by atoms with Crippen LogP contribution in [0.4, 0.5) is 18.9 Å². The molecule has 0 fully saturated rings. The molecule has 35 heavy (non-hydrogen) atoms. The van der Waals surface area contributed by atoms with Gasteiger partial charge in [0.15, 0.2) is 0 Å². The summed E-state index contributed by atoms with van der Waals surface area (Å²) in [6.07, 6.45) is -4.61. The second-order valence-corrected chi connectivity index (χ2v) is 7.65. The van der Waals surface area contributed by atoms with Crippen molar-refractivity contribution in [3.05, 3.63) is 87.9 Å². The quantitative estimate of drug-likeness (QED) is 0.623. The van der Waals surface area contributed by atoms with Crippen LogP contribution in [0.3, 0.4) is 0 Å². The van der Waals surface area contributed by atoms with Crippen LogP contribution in [0, 0.1) is 11.3 Å². The Morgan fingerprint density at radius 1 is 1.17 bits per heavy atom. The molecule has 0 aliphatic carbocycles. The minimum Gasteiger partial charge on any atom is -0.463 e. The Hall–Kier alpha value is -4.26. The molecule has 3 N–H and O–H groups in total. The molecule has 0 radical (unpaired) electrons. The summed E-state index contributed by atoms with van der Waals surface area (Å²) in [6, 6.07) is 12.7. The van der Waals surface area contributed by atoms with Crippen molar-refractivity contribution in [2.75, 3.05) is 18.6 Å². The van der Waals surface area contributed by atoms with Gasteiger partial charge < -0.3 is 20.7 Å². The van der Waals surface area contributed by atoms with Crippen molar-refractivity contribution in [2.45, 2.75) is 25.9 Å². The zero-order valence-electron chi connectivity index (χ0n) is 19.2. The summed E-state index contributed by atoms with van der Waals surface area (Å²) in [5.74, 6) is -2.49. The van der Waals surface area contributed by atoms with Crippen LogP contribution < -0.4 is 16.0 Å². The fraction of sp³-hybridized carbons (Fsp3) is 0.240. The highest BCUT2D eigenvalue weighted by atomic mass is 19.4. The fourth-order valence-corrected chi connectivity index (χ4v) is 4.02. The molecule has 1 heterocycles. The molecular formula is C25H23F3N4O3. The summed E-state index contributed by atoms with van der Waals surface area (Å²) < 4.78 is 45.5. The Bertz CT molecular complexity index is 1260. The van der Waals surface area contributed by atoms with Gasteiger partial charge in [-0.05, 0) is 49.7 Å². The number of nitrogens with two attached hydrogens (primary N) is 1. The summed E-state index contributed by atoms with van der Waals surface area (Å²) in [6.45, 7) is 3.17. The molecule has 182 valence electrons. The zero-order chi connectivity index (χ0) is 25.9. The van der Waals surface area contributed by atoms with Gasteiger partial charge in [0.25, 0.3) is 5.91 Å². The molecule has 2 aromatic carbocycles. The van der Waals surface area contributed by atoms with Crippen molar-refractivity contribution in [3.8, 4) is 6.07 Å². The lowest BCUT2D eigenvalue weighted by Crippen LogP contribution is -2.41. The van der Waals surface area contributed by atoms with Crippen molar-refractivity contribution in [3.63, 3.8) is 0 Å². The maximum atomic E-state index is 13.4. The van der Waals surface area contributed by atoms with E-state index in [1.54, 1.807) is 19.1 Å². The molecule has 10 heteroatoms. The number of allylic oxidation sites excluding steroid dienone is 1. The maximum absolute atomic E-state index is 13.4. The molecule has 0 saturated carbocycles. The van der Waals surface area contributed by atoms with E-state index in [1.807, 2.05) is 6.07 Å². The number of likely N-dealkylation sites (N-methyl/N-ethyl adjacent to an activating group) is 1. The lowest BCUT2D eigenvalue weighted by molar-refractivity contribution is -0.139. The minimum atomic E-state index is -4.61. The number of nitrogens with zero attached hydrogens (tertiary/aromatic N) is 2. The first kappa shape index (κ1) is 25.4. The van der Waals surface area contributed by atoms with Crippen LogP contribution in [0.1, 0.15) is 36.5 Å². The lowest BCUT2D eigenvalue weighted by Gasteiger charge is -2.37. The number of nitrogens with one attached hydrogen (secondary N) is 1. The summed E-state index contributed by atoms with van der Waals surface area (Å²) in [7, 11) is 1.38. The predicted molar refractivity (Wildman–Crippen MR) is 122 cm³/mol. The Kier molecular flexibility index (Phi) is 7.20. The molecule has 1 unspecified atom stereocenters. The van der Waals surface area contributed by atoms with Crippen LogP contribution in [0.25, 0.3) is 0 Å². The van der Waals surface area contributed by atoms with Gasteiger partial charge >= 0.3 is 12.1 Å². The number of hydrogen-bond acceptors (Lipinski definition) is 6. The topological polar surface area (TPSA) is 108 Å². The van der Waals surface area contributed by atoms with E-state index in [0.717, 1.165) is 12.1 Å². The van der Waals surface area contributed by atoms with E-state index in [-0.39, 0.29) is 35.0 Å². The molecule has 7 nitrogen and oxygen atoms in total. The number of rotatable bonds is 5. The summed E-state index contributed by atoms with van der Waals surface area (Å²) in [5, 5.41) is 11.6. The Balaban J connectivity index is 2.33. The van der Waals surface area contributed by atoms with E-state index in [9.17, 15) is 22.8 Å². The number of esters is 1. The number of hydrogen-bond donors (Lipinski definition) is 2. The number of alkyl halides is 3. The molecule has 0 saturated heterocycles. The van der Waals surface area contributed by atoms with E-state index >= 15 is 0 Å². The molecule has 0 spiro atoms. The van der Waals surface area contributed by atoms with E-state index in [2.05, 4.69) is 5.32 Å². The van der Waals surface area contributed by atoms with Crippen molar-refractivity contribution >= 4 is 17.6 Å². The first-order chi connectivity index (χ1) is 16.5. The fourth-order valence-electron chi connectivity index (χ4n) is 4.02. The predicted octanol–water partition coefficient (Wildman–Crippen LogP) is 3.93. The van der Waals surface area contributed by atoms with Crippen molar-refractivity contribution in [1.29, 1.82) is 5.26 Å². The summed E-state index contributed by atoms with van der Waals surface area (Å²) in [5.41, 5.74) is 6.60. The van der Waals surface area contributed by atoms with Gasteiger partial charge in [-0.15, -0.1) is 0 Å². The molecule has 1 amide bonds. The third-order valence-corrected chi connectivity index (χ3v) is 5.59. The average molecular weight is 484 g/mol. The average Bonchev–Trinajstić information content (AvgIpc) is 2.83. The van der Waals surface area contributed by atoms with E-state index in [4.69, 9.17) is 15.7 Å². The van der Waals surface area contributed by atoms with Gasteiger partial charge in [-0.3, -0.25) is 4.79 Å². The first-order valence-corrected chi connectivity index (χ1v) is 10.6. The molecule has 1 aliphatic rings. The summed E-state index contributed by atoms with van der Waals surface area (Å²) in [4.78, 5) is 27.4. The number of halogens is 3. The van der Waals surface area contributed by atoms with Gasteiger partial charge in [0.2, 0.25) is 0 Å². The monoisotopic (exact) mass is 484 g/mol. The van der Waals surface area contributed by atoms with Gasteiger partial charge in [-0.1, -0.05) is 18.2 Å². The van der Waals surface area contributed by atoms with Crippen LogP contribution >= 0.6 is 0 Å². The number of carbonyl (C=O) groups is 2. The molecule has 0 aromatic heterocycles. The smallest absolute Gasteiger partial charge is 0.416 e. The summed E-state index contributed by atoms with van der Waals surface area (Å²) >= 11 is 0. The number of nitriles is 1. The van der Waals surface area contributed by atoms with Gasteiger partial charge in [-0.2, -0.15) is 18.4 Å². The van der Waals surface area contributed by atoms with E-state index in [1.165, 1.54) is 43.1 Å². The highest BCUT2D eigenvalue weighted by Crippen LogP contribution is 2.44. The minimum absolute atomic E-state index is 0.0244. The third-order valence-electron chi connectivity index (χ3n) is 5.59. The number of amides is 1. The van der Waals surface area contributed by atoms with Crippen LogP contribution in [-0.4, -0.2) is 25.5 Å². The van der Waals surface area contributed by atoms with E-state index < -0.39 is 29.5 Å². The zero-order valence-corrected chi connectivity index (χ0v) is 19.2. The molecule has 1 aliphatic heterocycles. The molecule has 0 bridgehead atoms. The number of ether oxygens (including phenoxy) is 1. The second kappa shape index (κ2) is 9.93. The second-order valence-electron chi connectivity index (χ2n) is 7.65. The Morgan fingerprint density at radius 3 is 2.37 bits per heavy atom. The highest BCUT2D eigenvalue weighted by Gasteiger charge is 2.41. The van der Waals surface area contributed by atoms with Crippen LogP contribution in [0.15, 0.2) is 71.2 Å². The standard InChI is InChI=1S/C25H23F3N4O3/c1-4-35-24(34)19-14(2)32(18-7-5-6-17(12-18)25(26,27)28)22(30)21(23(33)31-3)20(19)16-10-8-15(13-29)9-11-16/h5-12,20H,4,30H2,1-3H3,(H,31,33). The van der Waals surface area contributed by atoms with Gasteiger partial charge in [0.05, 0.1) is 40.9 Å². The van der Waals surface area contributed by atoms with Crippen molar-refractivity contribution < 1.29 is 27.5 Å².